The van der Waals surface area contributed by atoms with Gasteiger partial charge in [-0.25, -0.2) is 0 Å². The number of nitrogens with zero attached hydrogens (tertiary/aromatic N) is 1. The van der Waals surface area contributed by atoms with Gasteiger partial charge in [-0.2, -0.15) is 0 Å². The summed E-state index contributed by atoms with van der Waals surface area (Å²) in [4.78, 5) is 37.3. The Kier molecular flexibility index (Phi) is 6.18. The topological polar surface area (TPSA) is 78.5 Å². The van der Waals surface area contributed by atoms with Gasteiger partial charge in [0.1, 0.15) is 6.04 Å². The van der Waals surface area contributed by atoms with Crippen molar-refractivity contribution < 1.29 is 14.4 Å². The van der Waals surface area contributed by atoms with E-state index in [4.69, 9.17) is 0 Å². The van der Waals surface area contributed by atoms with Crippen molar-refractivity contribution in [2.45, 2.75) is 52.5 Å². The second-order valence-electron chi connectivity index (χ2n) is 6.47. The van der Waals surface area contributed by atoms with E-state index in [0.717, 1.165) is 6.42 Å². The Labute approximate surface area is 126 Å². The third-order valence-corrected chi connectivity index (χ3v) is 3.62. The van der Waals surface area contributed by atoms with Crippen molar-refractivity contribution in [1.29, 1.82) is 0 Å². The van der Waals surface area contributed by atoms with Crippen molar-refractivity contribution in [1.82, 2.24) is 15.5 Å². The maximum absolute atomic E-state index is 12.3. The number of carbonyl (C=O) groups excluding carboxylic acids is 3. The van der Waals surface area contributed by atoms with Gasteiger partial charge < -0.3 is 15.5 Å². The molecule has 0 saturated carbocycles. The molecule has 120 valence electrons. The minimum Gasteiger partial charge on any atom is -0.359 e. The van der Waals surface area contributed by atoms with Gasteiger partial charge in [0.15, 0.2) is 0 Å². The molecule has 1 saturated heterocycles. The van der Waals surface area contributed by atoms with Crippen LogP contribution in [0, 0.1) is 5.41 Å². The van der Waals surface area contributed by atoms with Crippen LogP contribution >= 0.6 is 0 Å². The molecule has 21 heavy (non-hydrogen) atoms. The molecule has 2 N–H and O–H groups in total. The molecule has 0 radical (unpaired) electrons. The largest absolute Gasteiger partial charge is 0.359 e. The zero-order valence-corrected chi connectivity index (χ0v) is 13.5. The maximum Gasteiger partial charge on any atom is 0.242 e. The smallest absolute Gasteiger partial charge is 0.242 e. The Bertz CT molecular complexity index is 401. The first-order chi connectivity index (χ1) is 9.77. The van der Waals surface area contributed by atoms with Gasteiger partial charge >= 0.3 is 0 Å². The van der Waals surface area contributed by atoms with Crippen LogP contribution in [0.25, 0.3) is 0 Å². The fourth-order valence-corrected chi connectivity index (χ4v) is 2.42. The number of hydrogen-bond donors (Lipinski definition) is 2. The molecule has 0 aromatic rings. The Hall–Kier alpha value is -1.59. The number of carbonyl (C=O) groups is 3. The van der Waals surface area contributed by atoms with E-state index < -0.39 is 5.41 Å². The first-order valence-electron chi connectivity index (χ1n) is 7.56. The second-order valence-corrected chi connectivity index (χ2v) is 6.47. The summed E-state index contributed by atoms with van der Waals surface area (Å²) in [7, 11) is 1.59. The van der Waals surface area contributed by atoms with Gasteiger partial charge in [-0.1, -0.05) is 20.8 Å². The second kappa shape index (κ2) is 7.43. The summed E-state index contributed by atoms with van der Waals surface area (Å²) in [6.07, 6.45) is 2.57. The minimum atomic E-state index is -0.470. The highest BCUT2D eigenvalue weighted by Gasteiger charge is 2.38. The van der Waals surface area contributed by atoms with Crippen molar-refractivity contribution in [2.75, 3.05) is 20.1 Å². The van der Waals surface area contributed by atoms with E-state index in [1.807, 2.05) is 20.8 Å². The molecule has 1 fully saturated rings. The van der Waals surface area contributed by atoms with Crippen LogP contribution in [0.15, 0.2) is 0 Å². The molecule has 0 aromatic heterocycles. The molecule has 1 aliphatic heterocycles. The molecule has 1 aliphatic rings. The summed E-state index contributed by atoms with van der Waals surface area (Å²) < 4.78 is 0. The predicted molar refractivity (Wildman–Crippen MR) is 80.5 cm³/mol. The van der Waals surface area contributed by atoms with E-state index >= 15 is 0 Å². The monoisotopic (exact) mass is 297 g/mol. The summed E-state index contributed by atoms with van der Waals surface area (Å²) in [6, 6.07) is -0.364. The molecule has 1 rings (SSSR count). The van der Waals surface area contributed by atoms with Crippen molar-refractivity contribution in [2.24, 2.45) is 5.41 Å². The Morgan fingerprint density at radius 3 is 2.48 bits per heavy atom. The average molecular weight is 297 g/mol. The summed E-state index contributed by atoms with van der Waals surface area (Å²) >= 11 is 0. The van der Waals surface area contributed by atoms with Crippen LogP contribution in [0.4, 0.5) is 0 Å². The van der Waals surface area contributed by atoms with Crippen LogP contribution in [0.5, 0.6) is 0 Å². The van der Waals surface area contributed by atoms with E-state index in [-0.39, 0.29) is 23.8 Å². The van der Waals surface area contributed by atoms with Crippen molar-refractivity contribution in [3.05, 3.63) is 0 Å². The van der Waals surface area contributed by atoms with Crippen molar-refractivity contribution >= 4 is 17.7 Å². The lowest BCUT2D eigenvalue weighted by molar-refractivity contribution is -0.144. The highest BCUT2D eigenvalue weighted by Crippen LogP contribution is 2.25. The van der Waals surface area contributed by atoms with Crippen molar-refractivity contribution in [3.8, 4) is 0 Å². The van der Waals surface area contributed by atoms with E-state index in [1.165, 1.54) is 0 Å². The highest BCUT2D eigenvalue weighted by molar-refractivity contribution is 5.90. The average Bonchev–Trinajstić information content (AvgIpc) is 2.90. The molecule has 1 atom stereocenters. The summed E-state index contributed by atoms with van der Waals surface area (Å²) in [5, 5.41) is 5.37. The van der Waals surface area contributed by atoms with E-state index in [2.05, 4.69) is 10.6 Å². The van der Waals surface area contributed by atoms with Crippen LogP contribution in [-0.2, 0) is 14.4 Å². The van der Waals surface area contributed by atoms with Gasteiger partial charge in [-0.05, 0) is 19.3 Å². The summed E-state index contributed by atoms with van der Waals surface area (Å²) in [5.41, 5.74) is -0.470. The molecular formula is C15H27N3O3. The molecule has 0 spiro atoms. The molecule has 0 bridgehead atoms. The molecule has 3 amide bonds. The molecule has 0 aliphatic carbocycles. The number of nitrogens with one attached hydrogen (secondary N) is 2. The lowest BCUT2D eigenvalue weighted by Crippen LogP contribution is -2.49. The maximum atomic E-state index is 12.3. The molecule has 6 nitrogen and oxygen atoms in total. The standard InChI is InChI=1S/C15H27N3O3/c1-15(2,3)14(21)18-10-6-7-11(18)13(20)17-9-5-8-12(19)16-4/h11H,5-10H2,1-4H3,(H,16,19)(H,17,20). The van der Waals surface area contributed by atoms with Gasteiger partial charge in [-0.3, -0.25) is 14.4 Å². The van der Waals surface area contributed by atoms with Gasteiger partial charge in [0.2, 0.25) is 17.7 Å². The van der Waals surface area contributed by atoms with E-state index in [9.17, 15) is 14.4 Å². The lowest BCUT2D eigenvalue weighted by atomic mass is 9.94. The minimum absolute atomic E-state index is 0.0190. The SMILES string of the molecule is CNC(=O)CCCNC(=O)C1CCCN1C(=O)C(C)(C)C. The first-order valence-corrected chi connectivity index (χ1v) is 7.56. The van der Waals surface area contributed by atoms with Gasteiger partial charge in [-0.15, -0.1) is 0 Å². The van der Waals surface area contributed by atoms with E-state index in [0.29, 0.717) is 32.4 Å². The fourth-order valence-electron chi connectivity index (χ4n) is 2.42. The van der Waals surface area contributed by atoms with Crippen LogP contribution < -0.4 is 10.6 Å². The zero-order valence-electron chi connectivity index (χ0n) is 13.5. The van der Waals surface area contributed by atoms with Crippen LogP contribution in [0.1, 0.15) is 46.5 Å². The highest BCUT2D eigenvalue weighted by atomic mass is 16.2. The van der Waals surface area contributed by atoms with Crippen LogP contribution in [0.3, 0.4) is 0 Å². The van der Waals surface area contributed by atoms with Gasteiger partial charge in [0.25, 0.3) is 0 Å². The third-order valence-electron chi connectivity index (χ3n) is 3.62. The molecule has 1 heterocycles. The van der Waals surface area contributed by atoms with Crippen LogP contribution in [0.2, 0.25) is 0 Å². The number of likely N-dealkylation sites (tertiary alicyclic amines) is 1. The molecular weight excluding hydrogens is 270 g/mol. The molecule has 0 aromatic carbocycles. The quantitative estimate of drug-likeness (QED) is 0.732. The summed E-state index contributed by atoms with van der Waals surface area (Å²) in [6.45, 7) is 6.71. The lowest BCUT2D eigenvalue weighted by Gasteiger charge is -2.30. The predicted octanol–water partition coefficient (Wildman–Crippen LogP) is 0.666. The van der Waals surface area contributed by atoms with Crippen molar-refractivity contribution in [3.63, 3.8) is 0 Å². The number of rotatable bonds is 5. The normalized spacial score (nSPS) is 18.5. The Balaban J connectivity index is 2.46. The zero-order chi connectivity index (χ0) is 16.0. The number of hydrogen-bond acceptors (Lipinski definition) is 3. The molecule has 1 unspecified atom stereocenters. The fraction of sp³-hybridized carbons (Fsp3) is 0.800. The van der Waals surface area contributed by atoms with Gasteiger partial charge in [0.05, 0.1) is 0 Å². The summed E-state index contributed by atoms with van der Waals surface area (Å²) in [5.74, 6) is -0.123. The van der Waals surface area contributed by atoms with E-state index in [1.54, 1.807) is 11.9 Å². The Morgan fingerprint density at radius 2 is 1.90 bits per heavy atom. The third kappa shape index (κ3) is 5.02. The number of amides is 3. The molecule has 6 heteroatoms. The Morgan fingerprint density at radius 1 is 1.24 bits per heavy atom. The first kappa shape index (κ1) is 17.5. The van der Waals surface area contributed by atoms with Gasteiger partial charge in [0, 0.05) is 32.0 Å². The van der Waals surface area contributed by atoms with Crippen LogP contribution in [-0.4, -0.2) is 48.8 Å².